The van der Waals surface area contributed by atoms with E-state index in [2.05, 4.69) is 49.9 Å². The van der Waals surface area contributed by atoms with Crippen LogP contribution in [0.25, 0.3) is 16.8 Å². The molecule has 1 nitrogen and oxygen atoms in total. The number of nitrogens with two attached hydrogens (primary N) is 1. The highest BCUT2D eigenvalue weighted by atomic mass is 14.6. The predicted octanol–water partition coefficient (Wildman–Crippen LogP) is 3.59. The lowest BCUT2D eigenvalue weighted by atomic mass is 10.0. The maximum atomic E-state index is 5.70. The lowest BCUT2D eigenvalue weighted by Gasteiger charge is -2.05. The Morgan fingerprint density at radius 3 is 2.25 bits per heavy atom. The van der Waals surface area contributed by atoms with Gasteiger partial charge in [0.25, 0.3) is 0 Å². The Morgan fingerprint density at radius 1 is 1.00 bits per heavy atom. The molecule has 2 rings (SSSR count). The molecule has 16 heavy (non-hydrogen) atoms. The molecule has 0 aliphatic rings. The second-order valence-corrected chi connectivity index (χ2v) is 3.98. The van der Waals surface area contributed by atoms with Gasteiger partial charge in [0.05, 0.1) is 0 Å². The predicted molar refractivity (Wildman–Crippen MR) is 69.8 cm³/mol. The first-order valence-electron chi connectivity index (χ1n) is 5.28. The summed E-state index contributed by atoms with van der Waals surface area (Å²) in [5.41, 5.74) is 10.9. The van der Waals surface area contributed by atoms with Gasteiger partial charge in [-0.2, -0.15) is 0 Å². The van der Waals surface area contributed by atoms with Gasteiger partial charge in [-0.3, -0.25) is 0 Å². The normalized spacial score (nSPS) is 10.1. The maximum absolute atomic E-state index is 5.70. The van der Waals surface area contributed by atoms with Gasteiger partial charge in [0, 0.05) is 5.70 Å². The summed E-state index contributed by atoms with van der Waals surface area (Å²) in [6.45, 7) is 5.85. The third-order valence-electron chi connectivity index (χ3n) is 2.58. The molecule has 0 fully saturated rings. The smallest absolute Gasteiger partial charge is 0.0314 e. The van der Waals surface area contributed by atoms with E-state index in [1.807, 2.05) is 12.1 Å². The van der Waals surface area contributed by atoms with Gasteiger partial charge in [0.15, 0.2) is 0 Å². The van der Waals surface area contributed by atoms with Crippen molar-refractivity contribution in [2.24, 2.45) is 5.73 Å². The van der Waals surface area contributed by atoms with E-state index in [-0.39, 0.29) is 0 Å². The van der Waals surface area contributed by atoms with Gasteiger partial charge in [-0.1, -0.05) is 54.6 Å². The Bertz CT molecular complexity index is 526. The summed E-state index contributed by atoms with van der Waals surface area (Å²) in [5.74, 6) is 0. The summed E-state index contributed by atoms with van der Waals surface area (Å²) in [7, 11) is 0. The molecule has 0 amide bonds. The van der Waals surface area contributed by atoms with Crippen LogP contribution in [0.3, 0.4) is 0 Å². The number of hydrogen-bond acceptors (Lipinski definition) is 1. The molecule has 2 aromatic rings. The van der Waals surface area contributed by atoms with Crippen LogP contribution in [0, 0.1) is 6.92 Å². The number of aryl methyl sites for hydroxylation is 1. The molecule has 0 saturated carbocycles. The average Bonchev–Trinajstić information content (AvgIpc) is 2.29. The summed E-state index contributed by atoms with van der Waals surface area (Å²) >= 11 is 0. The van der Waals surface area contributed by atoms with Crippen molar-refractivity contribution < 1.29 is 0 Å². The second kappa shape index (κ2) is 4.23. The minimum atomic E-state index is 0.606. The quantitative estimate of drug-likeness (QED) is 0.803. The second-order valence-electron chi connectivity index (χ2n) is 3.98. The highest BCUT2D eigenvalue weighted by Crippen LogP contribution is 2.22. The van der Waals surface area contributed by atoms with Crippen LogP contribution < -0.4 is 5.73 Å². The largest absolute Gasteiger partial charge is 0.399 e. The molecule has 0 spiro atoms. The van der Waals surface area contributed by atoms with Gasteiger partial charge >= 0.3 is 0 Å². The average molecular weight is 209 g/mol. The lowest BCUT2D eigenvalue weighted by Crippen LogP contribution is -1.93. The highest BCUT2D eigenvalue weighted by Gasteiger charge is 2.00. The first kappa shape index (κ1) is 10.5. The highest BCUT2D eigenvalue weighted by molar-refractivity contribution is 5.70. The fraction of sp³-hybridized carbons (Fsp3) is 0.0667. The molecule has 0 bridgehead atoms. The first-order valence-corrected chi connectivity index (χ1v) is 5.28. The van der Waals surface area contributed by atoms with Gasteiger partial charge in [0.2, 0.25) is 0 Å². The van der Waals surface area contributed by atoms with Crippen molar-refractivity contribution in [3.05, 3.63) is 66.2 Å². The summed E-state index contributed by atoms with van der Waals surface area (Å²) in [6, 6.07) is 16.6. The van der Waals surface area contributed by atoms with E-state index in [4.69, 9.17) is 5.73 Å². The molecule has 0 atom stereocenters. The van der Waals surface area contributed by atoms with E-state index in [9.17, 15) is 0 Å². The van der Waals surface area contributed by atoms with Crippen LogP contribution in [0.5, 0.6) is 0 Å². The Labute approximate surface area is 96.2 Å². The molecule has 0 aliphatic carbocycles. The van der Waals surface area contributed by atoms with Crippen molar-refractivity contribution in [3.63, 3.8) is 0 Å². The molecule has 2 N–H and O–H groups in total. The van der Waals surface area contributed by atoms with Crippen molar-refractivity contribution in [2.45, 2.75) is 6.92 Å². The zero-order valence-electron chi connectivity index (χ0n) is 9.40. The molecule has 0 radical (unpaired) electrons. The van der Waals surface area contributed by atoms with Gasteiger partial charge in [0.1, 0.15) is 0 Å². The molecule has 80 valence electrons. The fourth-order valence-electron chi connectivity index (χ4n) is 1.72. The van der Waals surface area contributed by atoms with Crippen molar-refractivity contribution in [1.29, 1.82) is 0 Å². The van der Waals surface area contributed by atoms with Crippen LogP contribution in [-0.2, 0) is 0 Å². The molecule has 0 unspecified atom stereocenters. The van der Waals surface area contributed by atoms with Crippen LogP contribution in [0.15, 0.2) is 55.1 Å². The van der Waals surface area contributed by atoms with Gasteiger partial charge in [-0.15, -0.1) is 0 Å². The molecule has 0 saturated heterocycles. The van der Waals surface area contributed by atoms with Crippen molar-refractivity contribution in [3.8, 4) is 11.1 Å². The molecular weight excluding hydrogens is 194 g/mol. The molecular formula is C15H15N. The van der Waals surface area contributed by atoms with E-state index < -0.39 is 0 Å². The maximum Gasteiger partial charge on any atom is 0.0314 e. The van der Waals surface area contributed by atoms with Crippen LogP contribution in [-0.4, -0.2) is 0 Å². The summed E-state index contributed by atoms with van der Waals surface area (Å²) in [5, 5.41) is 0. The number of benzene rings is 2. The first-order chi connectivity index (χ1) is 7.66. The third-order valence-corrected chi connectivity index (χ3v) is 2.58. The third kappa shape index (κ3) is 2.14. The monoisotopic (exact) mass is 209 g/mol. The fourth-order valence-corrected chi connectivity index (χ4v) is 1.72. The lowest BCUT2D eigenvalue weighted by molar-refractivity contribution is 1.46. The standard InChI is InChI=1S/C15H15N/c1-11-5-3-7-14(9-11)15-8-4-6-13(10-15)12(2)16/h3-10H,2,16H2,1H3. The van der Waals surface area contributed by atoms with Crippen molar-refractivity contribution >= 4 is 5.70 Å². The Kier molecular flexibility index (Phi) is 2.78. The summed E-state index contributed by atoms with van der Waals surface area (Å²) < 4.78 is 0. The van der Waals surface area contributed by atoms with Crippen LogP contribution in [0.4, 0.5) is 0 Å². The Balaban J connectivity index is 2.48. The van der Waals surface area contributed by atoms with E-state index in [0.717, 1.165) is 5.56 Å². The SMILES string of the molecule is C=C(N)c1cccc(-c2cccc(C)c2)c1. The van der Waals surface area contributed by atoms with E-state index >= 15 is 0 Å². The van der Waals surface area contributed by atoms with Crippen molar-refractivity contribution in [1.82, 2.24) is 0 Å². The molecule has 0 heterocycles. The Hall–Kier alpha value is -2.02. The van der Waals surface area contributed by atoms with E-state index in [1.165, 1.54) is 16.7 Å². The van der Waals surface area contributed by atoms with Crippen LogP contribution in [0.1, 0.15) is 11.1 Å². The van der Waals surface area contributed by atoms with Crippen molar-refractivity contribution in [2.75, 3.05) is 0 Å². The molecule has 0 aromatic heterocycles. The number of rotatable bonds is 2. The van der Waals surface area contributed by atoms with Gasteiger partial charge < -0.3 is 5.73 Å². The van der Waals surface area contributed by atoms with E-state index in [0.29, 0.717) is 5.70 Å². The minimum Gasteiger partial charge on any atom is -0.399 e. The molecule has 0 aliphatic heterocycles. The van der Waals surface area contributed by atoms with Crippen LogP contribution >= 0.6 is 0 Å². The van der Waals surface area contributed by atoms with E-state index in [1.54, 1.807) is 0 Å². The molecule has 2 aromatic carbocycles. The van der Waals surface area contributed by atoms with Gasteiger partial charge in [-0.25, -0.2) is 0 Å². The summed E-state index contributed by atoms with van der Waals surface area (Å²) in [6.07, 6.45) is 0. The number of hydrogen-bond donors (Lipinski definition) is 1. The molecule has 1 heteroatoms. The summed E-state index contributed by atoms with van der Waals surface area (Å²) in [4.78, 5) is 0. The van der Waals surface area contributed by atoms with Crippen LogP contribution in [0.2, 0.25) is 0 Å². The Morgan fingerprint density at radius 2 is 1.62 bits per heavy atom. The van der Waals surface area contributed by atoms with Gasteiger partial charge in [-0.05, 0) is 29.7 Å². The topological polar surface area (TPSA) is 26.0 Å². The minimum absolute atomic E-state index is 0.606. The zero-order chi connectivity index (χ0) is 11.5. The zero-order valence-corrected chi connectivity index (χ0v) is 9.40.